The van der Waals surface area contributed by atoms with Crippen molar-refractivity contribution in [2.75, 3.05) is 7.11 Å². The van der Waals surface area contributed by atoms with Gasteiger partial charge in [0.05, 0.1) is 13.5 Å². The van der Waals surface area contributed by atoms with Crippen LogP contribution in [0.1, 0.15) is 28.9 Å². The summed E-state index contributed by atoms with van der Waals surface area (Å²) in [5, 5.41) is 8.86. The van der Waals surface area contributed by atoms with Crippen molar-refractivity contribution in [3.8, 4) is 6.07 Å². The Morgan fingerprint density at radius 3 is 2.78 bits per heavy atom. The predicted molar refractivity (Wildman–Crippen MR) is 62.3 cm³/mol. The topological polar surface area (TPSA) is 63.0 Å². The van der Waals surface area contributed by atoms with Crippen LogP contribution < -0.4 is 0 Å². The van der Waals surface area contributed by atoms with Gasteiger partial charge in [0, 0.05) is 5.33 Å². The second kappa shape index (κ2) is 6.40. The van der Waals surface area contributed by atoms with Gasteiger partial charge in [-0.05, 0) is 17.2 Å². The summed E-state index contributed by atoms with van der Waals surface area (Å²) in [5.74, 6) is -0.562. The van der Waals surface area contributed by atoms with Gasteiger partial charge in [0.15, 0.2) is 0 Å². The number of rotatable bonds is 4. The van der Waals surface area contributed by atoms with E-state index in [1.807, 2.05) is 0 Å². The van der Waals surface area contributed by atoms with Crippen LogP contribution in [0.4, 0.5) is 8.78 Å². The number of halogens is 3. The Labute approximate surface area is 111 Å². The molecular weight excluding hydrogens is 310 g/mol. The number of alkyl halides is 3. The Morgan fingerprint density at radius 1 is 1.67 bits per heavy atom. The van der Waals surface area contributed by atoms with Crippen molar-refractivity contribution in [2.45, 2.75) is 18.2 Å². The predicted octanol–water partition coefficient (Wildman–Crippen LogP) is 2.50. The molecule has 7 heteroatoms. The van der Waals surface area contributed by atoms with Gasteiger partial charge in [-0.3, -0.25) is 4.79 Å². The van der Waals surface area contributed by atoms with Gasteiger partial charge in [-0.2, -0.15) is 5.26 Å². The molecule has 96 valence electrons. The first-order valence-corrected chi connectivity index (χ1v) is 5.99. The number of ether oxygens (including phenoxy) is 1. The minimum atomic E-state index is -2.80. The number of nitriles is 1. The number of esters is 1. The highest BCUT2D eigenvalue weighted by Crippen LogP contribution is 2.27. The first kappa shape index (κ1) is 14.5. The maximum absolute atomic E-state index is 12.8. The number of methoxy groups -OCH3 is 1. The molecule has 1 heterocycles. The van der Waals surface area contributed by atoms with Gasteiger partial charge in [0.25, 0.3) is 6.43 Å². The lowest BCUT2D eigenvalue weighted by molar-refractivity contribution is -0.139. The molecule has 0 atom stereocenters. The zero-order valence-electron chi connectivity index (χ0n) is 9.41. The Morgan fingerprint density at radius 2 is 2.33 bits per heavy atom. The Kier molecular flexibility index (Phi) is 5.16. The zero-order valence-corrected chi connectivity index (χ0v) is 11.0. The van der Waals surface area contributed by atoms with Gasteiger partial charge < -0.3 is 4.74 Å². The number of aromatic nitrogens is 1. The summed E-state index contributed by atoms with van der Waals surface area (Å²) < 4.78 is 30.1. The van der Waals surface area contributed by atoms with Crippen molar-refractivity contribution in [1.82, 2.24) is 4.98 Å². The lowest BCUT2D eigenvalue weighted by Crippen LogP contribution is -2.10. The van der Waals surface area contributed by atoms with E-state index in [0.717, 1.165) is 0 Å². The van der Waals surface area contributed by atoms with E-state index in [2.05, 4.69) is 25.7 Å². The molecule has 1 aromatic rings. The molecule has 0 aliphatic carbocycles. The quantitative estimate of drug-likeness (QED) is 0.632. The molecule has 0 radical (unpaired) electrons. The normalized spacial score (nSPS) is 10.2. The standard InChI is InChI=1S/C11H9BrF2N2O2/c1-18-9(17)3-6-2-7(5-15)16-10(11(13)14)8(6)4-12/h2,11H,3-4H2,1H3. The van der Waals surface area contributed by atoms with Gasteiger partial charge in [0.1, 0.15) is 17.5 Å². The fraction of sp³-hybridized carbons (Fsp3) is 0.364. The average Bonchev–Trinajstić information content (AvgIpc) is 2.37. The molecule has 1 rings (SSSR count). The van der Waals surface area contributed by atoms with Crippen molar-refractivity contribution >= 4 is 21.9 Å². The highest BCUT2D eigenvalue weighted by atomic mass is 79.9. The smallest absolute Gasteiger partial charge is 0.309 e. The third kappa shape index (κ3) is 3.23. The fourth-order valence-corrected chi connectivity index (χ4v) is 2.07. The summed E-state index contributed by atoms with van der Waals surface area (Å²) in [6, 6.07) is 3.01. The molecular formula is C11H9BrF2N2O2. The number of carbonyl (C=O) groups excluding carboxylic acids is 1. The van der Waals surface area contributed by atoms with Crippen LogP contribution in [0.5, 0.6) is 0 Å². The third-order valence-electron chi connectivity index (χ3n) is 2.27. The summed E-state index contributed by atoms with van der Waals surface area (Å²) in [7, 11) is 1.20. The van der Waals surface area contributed by atoms with Crippen LogP contribution in [0.3, 0.4) is 0 Å². The van der Waals surface area contributed by atoms with E-state index in [-0.39, 0.29) is 23.0 Å². The first-order valence-electron chi connectivity index (χ1n) is 4.87. The first-order chi connectivity index (χ1) is 8.53. The third-order valence-corrected chi connectivity index (χ3v) is 2.83. The van der Waals surface area contributed by atoms with Crippen LogP contribution in [-0.2, 0) is 21.3 Å². The van der Waals surface area contributed by atoms with Crippen molar-refractivity contribution in [3.63, 3.8) is 0 Å². The van der Waals surface area contributed by atoms with Gasteiger partial charge >= 0.3 is 5.97 Å². The van der Waals surface area contributed by atoms with E-state index in [1.54, 1.807) is 6.07 Å². The van der Waals surface area contributed by atoms with E-state index in [1.165, 1.54) is 13.2 Å². The van der Waals surface area contributed by atoms with Crippen molar-refractivity contribution in [1.29, 1.82) is 5.26 Å². The minimum absolute atomic E-state index is 0.123. The number of carbonyl (C=O) groups is 1. The second-order valence-electron chi connectivity index (χ2n) is 3.33. The summed E-state index contributed by atoms with van der Waals surface area (Å²) in [6.07, 6.45) is -2.98. The molecule has 0 bridgehead atoms. The summed E-state index contributed by atoms with van der Waals surface area (Å²) in [5.41, 5.74) is -0.0892. The number of nitrogens with zero attached hydrogens (tertiary/aromatic N) is 2. The van der Waals surface area contributed by atoms with Crippen LogP contribution >= 0.6 is 15.9 Å². The van der Waals surface area contributed by atoms with Gasteiger partial charge in [-0.25, -0.2) is 13.8 Å². The fourth-order valence-electron chi connectivity index (χ4n) is 1.42. The molecule has 0 fully saturated rings. The molecule has 0 saturated carbocycles. The van der Waals surface area contributed by atoms with Crippen LogP contribution in [0, 0.1) is 11.3 Å². The molecule has 0 unspecified atom stereocenters. The minimum Gasteiger partial charge on any atom is -0.469 e. The van der Waals surface area contributed by atoms with Crippen LogP contribution in [0.15, 0.2) is 6.07 Å². The van der Waals surface area contributed by atoms with E-state index in [4.69, 9.17) is 5.26 Å². The highest BCUT2D eigenvalue weighted by molar-refractivity contribution is 9.08. The summed E-state index contributed by atoms with van der Waals surface area (Å²) >= 11 is 3.08. The zero-order chi connectivity index (χ0) is 13.7. The highest BCUT2D eigenvalue weighted by Gasteiger charge is 2.20. The number of hydrogen-bond donors (Lipinski definition) is 0. The maximum Gasteiger partial charge on any atom is 0.309 e. The van der Waals surface area contributed by atoms with Crippen molar-refractivity contribution in [3.05, 3.63) is 28.6 Å². The van der Waals surface area contributed by atoms with E-state index in [0.29, 0.717) is 5.56 Å². The molecule has 0 aliphatic rings. The van der Waals surface area contributed by atoms with Gasteiger partial charge in [-0.1, -0.05) is 15.9 Å². The largest absolute Gasteiger partial charge is 0.469 e. The molecule has 0 saturated heterocycles. The average molecular weight is 319 g/mol. The molecule has 0 aliphatic heterocycles. The van der Waals surface area contributed by atoms with Gasteiger partial charge in [-0.15, -0.1) is 0 Å². The summed E-state index contributed by atoms with van der Waals surface area (Å²) in [4.78, 5) is 14.8. The molecule has 0 spiro atoms. The Balaban J connectivity index is 3.34. The monoisotopic (exact) mass is 318 g/mol. The SMILES string of the molecule is COC(=O)Cc1cc(C#N)nc(C(F)F)c1CBr. The maximum atomic E-state index is 12.8. The Hall–Kier alpha value is -1.55. The lowest BCUT2D eigenvalue weighted by Gasteiger charge is -2.11. The molecule has 1 aromatic heterocycles. The van der Waals surface area contributed by atoms with Crippen LogP contribution in [0.2, 0.25) is 0 Å². The second-order valence-corrected chi connectivity index (χ2v) is 3.89. The van der Waals surface area contributed by atoms with E-state index >= 15 is 0 Å². The van der Waals surface area contributed by atoms with Crippen molar-refractivity contribution < 1.29 is 18.3 Å². The van der Waals surface area contributed by atoms with E-state index in [9.17, 15) is 13.6 Å². The molecule has 0 amide bonds. The molecule has 4 nitrogen and oxygen atoms in total. The molecule has 18 heavy (non-hydrogen) atoms. The number of pyridine rings is 1. The van der Waals surface area contributed by atoms with Crippen molar-refractivity contribution in [2.24, 2.45) is 0 Å². The number of hydrogen-bond acceptors (Lipinski definition) is 4. The lowest BCUT2D eigenvalue weighted by atomic mass is 10.0. The summed E-state index contributed by atoms with van der Waals surface area (Å²) in [6.45, 7) is 0. The van der Waals surface area contributed by atoms with Gasteiger partial charge in [0.2, 0.25) is 0 Å². The van der Waals surface area contributed by atoms with Crippen LogP contribution in [0.25, 0.3) is 0 Å². The van der Waals surface area contributed by atoms with Crippen LogP contribution in [-0.4, -0.2) is 18.1 Å². The van der Waals surface area contributed by atoms with E-state index < -0.39 is 18.1 Å². The molecule has 0 N–H and O–H groups in total. The Bertz CT molecular complexity index is 501. The molecule has 0 aromatic carbocycles.